The van der Waals surface area contributed by atoms with E-state index >= 15 is 0 Å². The summed E-state index contributed by atoms with van der Waals surface area (Å²) in [7, 11) is 0. The lowest BCUT2D eigenvalue weighted by molar-refractivity contribution is 0.0526. The minimum absolute atomic E-state index is 0.316. The number of hydrogen-bond acceptors (Lipinski definition) is 3. The van der Waals surface area contributed by atoms with Crippen LogP contribution in [-0.4, -0.2) is 23.8 Å². The van der Waals surface area contributed by atoms with Crippen LogP contribution in [0.3, 0.4) is 0 Å². The second kappa shape index (κ2) is 9.31. The average Bonchev–Trinajstić information content (AvgIpc) is 3.08. The highest BCUT2D eigenvalue weighted by Crippen LogP contribution is 2.36. The van der Waals surface area contributed by atoms with Crippen LogP contribution in [0.15, 0.2) is 59.1 Å². The summed E-state index contributed by atoms with van der Waals surface area (Å²) >= 11 is 3.58. The van der Waals surface area contributed by atoms with Gasteiger partial charge in [0.1, 0.15) is 5.75 Å². The highest BCUT2D eigenvalue weighted by atomic mass is 79.9. The predicted molar refractivity (Wildman–Crippen MR) is 120 cm³/mol. The van der Waals surface area contributed by atoms with Crippen LogP contribution in [0.1, 0.15) is 36.8 Å². The van der Waals surface area contributed by atoms with Crippen molar-refractivity contribution in [1.82, 2.24) is 4.57 Å². The summed E-state index contributed by atoms with van der Waals surface area (Å²) in [6.45, 7) is 9.12. The Kier molecular flexibility index (Phi) is 6.80. The molecular formula is C24H26BrNO3. The molecule has 0 aliphatic carbocycles. The molecule has 2 aromatic carbocycles. The van der Waals surface area contributed by atoms with Crippen LogP contribution in [0.2, 0.25) is 0 Å². The summed E-state index contributed by atoms with van der Waals surface area (Å²) in [6, 6.07) is 17.7. The van der Waals surface area contributed by atoms with Crippen molar-refractivity contribution < 1.29 is 14.3 Å². The SMILES string of the molecule is CCOC(=O)c1cccc(-n2c(C)ccc2-c2cc(Br)ccc2OCC(C)C)c1. The predicted octanol–water partition coefficient (Wildman–Crippen LogP) is 6.43. The topological polar surface area (TPSA) is 40.5 Å². The molecule has 0 amide bonds. The Hall–Kier alpha value is -2.53. The molecule has 0 N–H and O–H groups in total. The van der Waals surface area contributed by atoms with Gasteiger partial charge in [0.2, 0.25) is 0 Å². The number of rotatable bonds is 7. The van der Waals surface area contributed by atoms with E-state index < -0.39 is 0 Å². The van der Waals surface area contributed by atoms with E-state index in [9.17, 15) is 4.79 Å². The first-order chi connectivity index (χ1) is 13.9. The number of aryl methyl sites for hydroxylation is 1. The first-order valence-corrected chi connectivity index (χ1v) is 10.6. The summed E-state index contributed by atoms with van der Waals surface area (Å²) in [6.07, 6.45) is 0. The quantitative estimate of drug-likeness (QED) is 0.385. The third kappa shape index (κ3) is 4.91. The number of carbonyl (C=O) groups excluding carboxylic acids is 1. The molecule has 0 saturated heterocycles. The van der Waals surface area contributed by atoms with Crippen molar-refractivity contribution in [1.29, 1.82) is 0 Å². The molecular weight excluding hydrogens is 430 g/mol. The Morgan fingerprint density at radius 2 is 1.90 bits per heavy atom. The van der Waals surface area contributed by atoms with E-state index in [0.717, 1.165) is 32.9 Å². The maximum absolute atomic E-state index is 12.2. The van der Waals surface area contributed by atoms with Gasteiger partial charge in [-0.15, -0.1) is 0 Å². The monoisotopic (exact) mass is 455 g/mol. The van der Waals surface area contributed by atoms with E-state index in [1.807, 2.05) is 44.2 Å². The van der Waals surface area contributed by atoms with Crippen molar-refractivity contribution in [3.8, 4) is 22.7 Å². The molecule has 0 atom stereocenters. The Labute approximate surface area is 180 Å². The van der Waals surface area contributed by atoms with Crippen LogP contribution >= 0.6 is 15.9 Å². The first-order valence-electron chi connectivity index (χ1n) is 9.79. The van der Waals surface area contributed by atoms with Crippen molar-refractivity contribution in [2.45, 2.75) is 27.7 Å². The van der Waals surface area contributed by atoms with Crippen LogP contribution in [0.4, 0.5) is 0 Å². The van der Waals surface area contributed by atoms with Gasteiger partial charge in [-0.25, -0.2) is 4.79 Å². The molecule has 1 heterocycles. The van der Waals surface area contributed by atoms with Gasteiger partial charge >= 0.3 is 5.97 Å². The molecule has 152 valence electrons. The first kappa shape index (κ1) is 21.2. The van der Waals surface area contributed by atoms with E-state index in [1.54, 1.807) is 6.07 Å². The molecule has 0 saturated carbocycles. The number of benzene rings is 2. The number of nitrogens with zero attached hydrogens (tertiary/aromatic N) is 1. The summed E-state index contributed by atoms with van der Waals surface area (Å²) in [4.78, 5) is 12.2. The molecule has 29 heavy (non-hydrogen) atoms. The molecule has 0 radical (unpaired) electrons. The lowest BCUT2D eigenvalue weighted by Gasteiger charge is -2.17. The summed E-state index contributed by atoms with van der Waals surface area (Å²) in [5.74, 6) is 0.952. The van der Waals surface area contributed by atoms with Crippen LogP contribution < -0.4 is 4.74 Å². The van der Waals surface area contributed by atoms with E-state index in [2.05, 4.69) is 52.5 Å². The highest BCUT2D eigenvalue weighted by Gasteiger charge is 2.16. The Balaban J connectivity index is 2.09. The highest BCUT2D eigenvalue weighted by molar-refractivity contribution is 9.10. The third-order valence-electron chi connectivity index (χ3n) is 4.48. The minimum atomic E-state index is -0.316. The van der Waals surface area contributed by atoms with Gasteiger partial charge in [-0.1, -0.05) is 35.8 Å². The van der Waals surface area contributed by atoms with Gasteiger partial charge in [0.05, 0.1) is 24.5 Å². The van der Waals surface area contributed by atoms with Crippen molar-refractivity contribution in [3.05, 3.63) is 70.3 Å². The minimum Gasteiger partial charge on any atom is -0.493 e. The lowest BCUT2D eigenvalue weighted by Crippen LogP contribution is -2.08. The van der Waals surface area contributed by atoms with Crippen molar-refractivity contribution in [2.24, 2.45) is 5.92 Å². The zero-order valence-electron chi connectivity index (χ0n) is 17.2. The lowest BCUT2D eigenvalue weighted by atomic mass is 10.1. The fourth-order valence-corrected chi connectivity index (χ4v) is 3.52. The standard InChI is InChI=1S/C24H26BrNO3/c1-5-28-24(27)18-7-6-8-20(13-18)26-17(4)9-11-22(26)21-14-19(25)10-12-23(21)29-15-16(2)3/h6-14,16H,5,15H2,1-4H3. The van der Waals surface area contributed by atoms with Crippen LogP contribution in [0.5, 0.6) is 5.75 Å². The van der Waals surface area contributed by atoms with Crippen molar-refractivity contribution >= 4 is 21.9 Å². The maximum atomic E-state index is 12.2. The van der Waals surface area contributed by atoms with Gasteiger partial charge in [-0.3, -0.25) is 0 Å². The second-order valence-corrected chi connectivity index (χ2v) is 8.23. The molecule has 3 aromatic rings. The van der Waals surface area contributed by atoms with E-state index in [-0.39, 0.29) is 5.97 Å². The molecule has 0 bridgehead atoms. The molecule has 0 aliphatic heterocycles. The van der Waals surface area contributed by atoms with E-state index in [4.69, 9.17) is 9.47 Å². The number of hydrogen-bond donors (Lipinski definition) is 0. The summed E-state index contributed by atoms with van der Waals surface area (Å²) in [5.41, 5.74) is 4.51. The van der Waals surface area contributed by atoms with Gasteiger partial charge in [-0.05, 0) is 68.3 Å². The van der Waals surface area contributed by atoms with Crippen LogP contribution in [-0.2, 0) is 4.74 Å². The number of aromatic nitrogens is 1. The van der Waals surface area contributed by atoms with Gasteiger partial charge in [-0.2, -0.15) is 0 Å². The van der Waals surface area contributed by atoms with Gasteiger partial charge < -0.3 is 14.0 Å². The fraction of sp³-hybridized carbons (Fsp3) is 0.292. The Bertz CT molecular complexity index is 1010. The Morgan fingerprint density at radius 3 is 2.62 bits per heavy atom. The number of ether oxygens (including phenoxy) is 2. The molecule has 0 aliphatic rings. The molecule has 3 rings (SSSR count). The van der Waals surface area contributed by atoms with Crippen LogP contribution in [0.25, 0.3) is 16.9 Å². The van der Waals surface area contributed by atoms with Gasteiger partial charge in [0.25, 0.3) is 0 Å². The van der Waals surface area contributed by atoms with Gasteiger partial charge in [0.15, 0.2) is 0 Å². The molecule has 0 unspecified atom stereocenters. The molecule has 4 nitrogen and oxygen atoms in total. The average molecular weight is 456 g/mol. The second-order valence-electron chi connectivity index (χ2n) is 7.31. The summed E-state index contributed by atoms with van der Waals surface area (Å²) in [5, 5.41) is 0. The van der Waals surface area contributed by atoms with E-state index in [0.29, 0.717) is 24.7 Å². The molecule has 0 fully saturated rings. The number of carbonyl (C=O) groups is 1. The number of halogens is 1. The van der Waals surface area contributed by atoms with E-state index in [1.165, 1.54) is 0 Å². The normalized spacial score (nSPS) is 11.0. The maximum Gasteiger partial charge on any atom is 0.338 e. The largest absolute Gasteiger partial charge is 0.493 e. The van der Waals surface area contributed by atoms with Crippen molar-refractivity contribution in [2.75, 3.05) is 13.2 Å². The summed E-state index contributed by atoms with van der Waals surface area (Å²) < 4.78 is 14.4. The Morgan fingerprint density at radius 1 is 1.10 bits per heavy atom. The zero-order chi connectivity index (χ0) is 21.0. The fourth-order valence-electron chi connectivity index (χ4n) is 3.16. The van der Waals surface area contributed by atoms with Crippen molar-refractivity contribution in [3.63, 3.8) is 0 Å². The van der Waals surface area contributed by atoms with Gasteiger partial charge in [0, 0.05) is 21.4 Å². The zero-order valence-corrected chi connectivity index (χ0v) is 18.8. The smallest absolute Gasteiger partial charge is 0.338 e. The molecule has 0 spiro atoms. The number of esters is 1. The molecule has 1 aromatic heterocycles. The third-order valence-corrected chi connectivity index (χ3v) is 4.97. The molecule has 5 heteroatoms. The van der Waals surface area contributed by atoms with Crippen LogP contribution in [0, 0.1) is 12.8 Å².